The molecule has 1 saturated heterocycles. The van der Waals surface area contributed by atoms with Crippen LogP contribution in [0.1, 0.15) is 34.6 Å². The predicted molar refractivity (Wildman–Crippen MR) is 151 cm³/mol. The standard InChI is InChI=1S/C28H31F6N7O5/c1-17(38-21-13-37-41(25(44)23(21)28(32,33)34)14-18-3-5-20(45-2)6-4-18)15-46-16-22(42)24(43)39-7-9-40(10-8-39)26-35-11-19(12-36-26)27(29,30)31/h3-6,11-13,17,22,38,42H,7-10,14-16H2,1-2H3/t17-,22?/m0/s1/i7D2,8D2,9D2,10D2. The minimum absolute atomic E-state index is 0.131. The molecule has 1 fully saturated rings. The summed E-state index contributed by atoms with van der Waals surface area (Å²) in [6, 6.07) is 5.03. The van der Waals surface area contributed by atoms with Gasteiger partial charge in [0.25, 0.3) is 11.5 Å². The van der Waals surface area contributed by atoms with E-state index in [0.717, 1.165) is 6.20 Å². The van der Waals surface area contributed by atoms with Crippen LogP contribution < -0.4 is 20.5 Å². The molecular formula is C28H31F6N7O5. The van der Waals surface area contributed by atoms with Crippen LogP contribution in [-0.4, -0.2) is 94.1 Å². The largest absolute Gasteiger partial charge is 0.497 e. The number of nitrogens with zero attached hydrogens (tertiary/aromatic N) is 6. The van der Waals surface area contributed by atoms with Crippen LogP contribution in [0.4, 0.5) is 38.0 Å². The molecule has 4 rings (SSSR count). The molecule has 0 aliphatic carbocycles. The number of alkyl halides is 6. The number of anilines is 2. The van der Waals surface area contributed by atoms with E-state index in [2.05, 4.69) is 20.4 Å². The average Bonchev–Trinajstić information content (AvgIpc) is 3.04. The zero-order valence-corrected chi connectivity index (χ0v) is 23.8. The molecule has 1 aromatic carbocycles. The van der Waals surface area contributed by atoms with Gasteiger partial charge in [-0.3, -0.25) is 9.59 Å². The van der Waals surface area contributed by atoms with Gasteiger partial charge in [-0.15, -0.1) is 0 Å². The van der Waals surface area contributed by atoms with E-state index in [4.69, 9.17) is 20.4 Å². The van der Waals surface area contributed by atoms with E-state index in [1.807, 2.05) is 0 Å². The molecule has 1 amide bonds. The van der Waals surface area contributed by atoms with Crippen LogP contribution >= 0.6 is 0 Å². The SMILES string of the molecule is [2H]C1([2H])N(C(=O)C(O)COC[C@H](C)Nc2cnn(Cc3ccc(OC)cc3)c(=O)c2C(F)(F)F)C([2H])([2H])C([2H])([2H])N(c2ncc(C(F)(F)F)cn2)C1([2H])[2H]. The number of hydrogen-bond donors (Lipinski definition) is 2. The molecule has 0 saturated carbocycles. The first kappa shape index (κ1) is 24.7. The Morgan fingerprint density at radius 3 is 2.22 bits per heavy atom. The maximum Gasteiger partial charge on any atom is 0.423 e. The summed E-state index contributed by atoms with van der Waals surface area (Å²) in [7, 11) is 1.42. The van der Waals surface area contributed by atoms with Crippen molar-refractivity contribution in [3.05, 3.63) is 69.9 Å². The third-order valence-electron chi connectivity index (χ3n) is 6.08. The van der Waals surface area contributed by atoms with Gasteiger partial charge < -0.3 is 29.7 Å². The molecule has 0 radical (unpaired) electrons. The molecule has 0 spiro atoms. The van der Waals surface area contributed by atoms with Gasteiger partial charge in [0.2, 0.25) is 5.95 Å². The van der Waals surface area contributed by atoms with Crippen molar-refractivity contribution in [3.63, 3.8) is 0 Å². The van der Waals surface area contributed by atoms with E-state index in [9.17, 15) is 41.0 Å². The number of benzene rings is 1. The van der Waals surface area contributed by atoms with Crippen molar-refractivity contribution in [2.75, 3.05) is 56.5 Å². The Balaban J connectivity index is 1.48. The number of amides is 1. The Labute approximate surface area is 269 Å². The summed E-state index contributed by atoms with van der Waals surface area (Å²) >= 11 is 0. The summed E-state index contributed by atoms with van der Waals surface area (Å²) in [6.45, 7) is -16.1. The minimum atomic E-state index is -5.15. The maximum atomic E-state index is 14.0. The van der Waals surface area contributed by atoms with Gasteiger partial charge in [0.15, 0.2) is 6.10 Å². The highest BCUT2D eigenvalue weighted by Gasteiger charge is 2.38. The molecule has 12 nitrogen and oxygen atoms in total. The maximum absolute atomic E-state index is 14.0. The average molecular weight is 668 g/mol. The number of rotatable bonds is 11. The van der Waals surface area contributed by atoms with Gasteiger partial charge in [-0.25, -0.2) is 14.6 Å². The molecule has 250 valence electrons. The molecule has 3 aromatic rings. The highest BCUT2D eigenvalue weighted by molar-refractivity contribution is 5.81. The van der Waals surface area contributed by atoms with Crippen molar-refractivity contribution < 1.29 is 56.7 Å². The number of carbonyl (C=O) groups is 1. The normalized spacial score (nSPS) is 22.4. The third kappa shape index (κ3) is 8.63. The highest BCUT2D eigenvalue weighted by atomic mass is 19.4. The molecule has 1 aliphatic heterocycles. The van der Waals surface area contributed by atoms with Crippen LogP contribution in [0.25, 0.3) is 0 Å². The lowest BCUT2D eigenvalue weighted by atomic mass is 10.2. The van der Waals surface area contributed by atoms with Crippen LogP contribution in [0, 0.1) is 0 Å². The smallest absolute Gasteiger partial charge is 0.423 e. The first-order chi connectivity index (χ1) is 24.7. The third-order valence-corrected chi connectivity index (χ3v) is 6.08. The second-order valence-electron chi connectivity index (χ2n) is 9.57. The summed E-state index contributed by atoms with van der Waals surface area (Å²) in [4.78, 5) is 31.8. The molecular weight excluding hydrogens is 628 g/mol. The number of aliphatic hydroxyl groups is 1. The molecule has 2 N–H and O–H groups in total. The second-order valence-corrected chi connectivity index (χ2v) is 9.57. The van der Waals surface area contributed by atoms with Crippen LogP contribution in [0.3, 0.4) is 0 Å². The van der Waals surface area contributed by atoms with Crippen molar-refractivity contribution in [2.45, 2.75) is 38.0 Å². The molecule has 1 aliphatic rings. The van der Waals surface area contributed by atoms with Gasteiger partial charge in [0.05, 0.1) is 55.3 Å². The zero-order chi connectivity index (χ0) is 40.8. The Morgan fingerprint density at radius 2 is 1.65 bits per heavy atom. The van der Waals surface area contributed by atoms with E-state index in [1.54, 1.807) is 0 Å². The molecule has 2 aromatic heterocycles. The summed E-state index contributed by atoms with van der Waals surface area (Å²) in [5.74, 6) is -2.67. The number of carbonyl (C=O) groups excluding carboxylic acids is 1. The van der Waals surface area contributed by atoms with Gasteiger partial charge in [0, 0.05) is 44.4 Å². The monoisotopic (exact) mass is 667 g/mol. The first-order valence-corrected chi connectivity index (χ1v) is 13.1. The van der Waals surface area contributed by atoms with Gasteiger partial charge in [-0.1, -0.05) is 12.1 Å². The minimum Gasteiger partial charge on any atom is -0.497 e. The van der Waals surface area contributed by atoms with Crippen LogP contribution in [0.2, 0.25) is 0 Å². The Kier molecular flexibility index (Phi) is 7.70. The number of aromatic nitrogens is 4. The van der Waals surface area contributed by atoms with Crippen LogP contribution in [-0.2, 0) is 28.4 Å². The Morgan fingerprint density at radius 1 is 1.02 bits per heavy atom. The summed E-state index contributed by atoms with van der Waals surface area (Å²) in [5, 5.41) is 16.8. The number of nitrogens with one attached hydrogen (secondary N) is 1. The van der Waals surface area contributed by atoms with Crippen molar-refractivity contribution in [3.8, 4) is 5.75 Å². The number of halogens is 6. The molecule has 1 unspecified atom stereocenters. The number of hydrogen-bond acceptors (Lipinski definition) is 10. The quantitative estimate of drug-likeness (QED) is 0.294. The summed E-state index contributed by atoms with van der Waals surface area (Å²) in [5.41, 5.74) is -4.82. The zero-order valence-electron chi connectivity index (χ0n) is 31.8. The lowest BCUT2D eigenvalue weighted by molar-refractivity contribution is -0.144. The topological polar surface area (TPSA) is 135 Å². The molecule has 18 heteroatoms. The fourth-order valence-electron chi connectivity index (χ4n) is 3.82. The van der Waals surface area contributed by atoms with E-state index in [1.165, 1.54) is 38.3 Å². The predicted octanol–water partition coefficient (Wildman–Crippen LogP) is 2.65. The fraction of sp³-hybridized carbons (Fsp3) is 0.464. The lowest BCUT2D eigenvalue weighted by Crippen LogP contribution is -2.52. The van der Waals surface area contributed by atoms with Crippen LogP contribution in [0.5, 0.6) is 5.75 Å². The van der Waals surface area contributed by atoms with E-state index < -0.39 is 103 Å². The van der Waals surface area contributed by atoms with Gasteiger partial charge in [0.1, 0.15) is 11.3 Å². The molecule has 3 heterocycles. The Bertz CT molecular complexity index is 1860. The van der Waals surface area contributed by atoms with Gasteiger partial charge in [-0.05, 0) is 24.6 Å². The van der Waals surface area contributed by atoms with Crippen molar-refractivity contribution in [1.29, 1.82) is 0 Å². The number of piperazine rings is 1. The van der Waals surface area contributed by atoms with Crippen molar-refractivity contribution in [1.82, 2.24) is 24.6 Å². The van der Waals surface area contributed by atoms with Crippen LogP contribution in [0.15, 0.2) is 47.7 Å². The first-order valence-electron chi connectivity index (χ1n) is 17.1. The van der Waals surface area contributed by atoms with E-state index in [-0.39, 0.29) is 23.8 Å². The Hall–Kier alpha value is -4.45. The molecule has 46 heavy (non-hydrogen) atoms. The van der Waals surface area contributed by atoms with Crippen molar-refractivity contribution >= 4 is 17.5 Å². The summed E-state index contributed by atoms with van der Waals surface area (Å²) < 4.78 is 159. The lowest BCUT2D eigenvalue weighted by Gasteiger charge is -2.35. The number of methoxy groups -OCH3 is 1. The van der Waals surface area contributed by atoms with Gasteiger partial charge >= 0.3 is 12.4 Å². The number of aliphatic hydroxyl groups excluding tert-OH is 1. The van der Waals surface area contributed by atoms with Crippen molar-refractivity contribution in [2.24, 2.45) is 0 Å². The van der Waals surface area contributed by atoms with E-state index >= 15 is 0 Å². The fourth-order valence-corrected chi connectivity index (χ4v) is 3.82. The highest BCUT2D eigenvalue weighted by Crippen LogP contribution is 2.32. The van der Waals surface area contributed by atoms with Gasteiger partial charge in [-0.2, -0.15) is 31.4 Å². The molecule has 2 atom stereocenters. The van der Waals surface area contributed by atoms with E-state index in [0.29, 0.717) is 16.0 Å². The summed E-state index contributed by atoms with van der Waals surface area (Å²) in [6.07, 6.45) is -11.6. The second kappa shape index (κ2) is 14.3. The number of ether oxygens (including phenoxy) is 2. The molecule has 0 bridgehead atoms.